The van der Waals surface area contributed by atoms with Gasteiger partial charge in [-0.1, -0.05) is 0 Å². The molecule has 0 spiro atoms. The molecule has 3 fully saturated rings. The molecule has 8 atom stereocenters. The van der Waals surface area contributed by atoms with Crippen LogP contribution in [0.1, 0.15) is 33.1 Å². The van der Waals surface area contributed by atoms with Crippen LogP contribution in [0.2, 0.25) is 15.5 Å². The van der Waals surface area contributed by atoms with Crippen LogP contribution in [0.15, 0.2) is 48.6 Å². The van der Waals surface area contributed by atoms with Crippen molar-refractivity contribution in [2.45, 2.75) is 48.6 Å². The van der Waals surface area contributed by atoms with E-state index in [1.165, 1.54) is 12.8 Å². The summed E-state index contributed by atoms with van der Waals surface area (Å²) >= 11 is -2.12. The zero-order valence-corrected chi connectivity index (χ0v) is 20.0. The van der Waals surface area contributed by atoms with Crippen LogP contribution >= 0.6 is 0 Å². The molecule has 5 rings (SSSR count). The molecule has 1 saturated heterocycles. The number of fused-ring (bicyclic) bond motifs is 2. The van der Waals surface area contributed by atoms with Gasteiger partial charge in [-0.15, -0.1) is 0 Å². The molecule has 26 heavy (non-hydrogen) atoms. The standard InChI is InChI=1S/2C10H13.C3H6.2ClH.Zr/c2*1-8-6-9-4-2-3-5-10(9)7-8;1-3-2;;;/h2*2-6,8-10H,7H2,1H3;1-3H2;2*1H;/q;;;;;+2/p-2. The Labute approximate surface area is 176 Å². The zero-order chi connectivity index (χ0) is 16.3. The largest absolute Gasteiger partial charge is 1.00 e. The molecule has 0 N–H and O–H groups in total. The van der Waals surface area contributed by atoms with E-state index >= 15 is 0 Å². The van der Waals surface area contributed by atoms with Crippen LogP contribution in [0, 0.1) is 35.5 Å². The SMILES string of the molecule is CC1CC2C=CC=CC2[CH]1[Zr+2]1([CH]2C(C)CC3C=CC=CC32)[CH2]C[CH2]1.[Cl-].[Cl-]. The maximum absolute atomic E-state index is 2.63. The van der Waals surface area contributed by atoms with Crippen molar-refractivity contribution in [3.05, 3.63) is 48.6 Å². The quantitative estimate of drug-likeness (QED) is 0.559. The predicted molar refractivity (Wildman–Crippen MR) is 99.8 cm³/mol. The van der Waals surface area contributed by atoms with Crippen LogP contribution in [0.4, 0.5) is 0 Å². The van der Waals surface area contributed by atoms with Crippen molar-refractivity contribution in [1.82, 2.24) is 0 Å². The fraction of sp³-hybridized carbons (Fsp3) is 0.652. The average Bonchev–Trinajstić information content (AvgIpc) is 3.05. The van der Waals surface area contributed by atoms with Crippen molar-refractivity contribution < 1.29 is 45.1 Å². The summed E-state index contributed by atoms with van der Waals surface area (Å²) in [5, 5.41) is 0. The van der Waals surface area contributed by atoms with Crippen molar-refractivity contribution in [2.75, 3.05) is 0 Å². The van der Waals surface area contributed by atoms with Gasteiger partial charge in [0.05, 0.1) is 0 Å². The molecule has 1 heterocycles. The topological polar surface area (TPSA) is 0 Å². The third-order valence-electron chi connectivity index (χ3n) is 8.55. The Morgan fingerprint density at radius 3 is 1.46 bits per heavy atom. The summed E-state index contributed by atoms with van der Waals surface area (Å²) in [6.07, 6.45) is 24.2. The second-order valence-corrected chi connectivity index (χ2v) is 21.4. The summed E-state index contributed by atoms with van der Waals surface area (Å²) in [5.41, 5.74) is 0. The van der Waals surface area contributed by atoms with Crippen LogP contribution < -0.4 is 24.8 Å². The molecule has 0 nitrogen and oxygen atoms in total. The Hall–Kier alpha value is 0.423. The van der Waals surface area contributed by atoms with Gasteiger partial charge < -0.3 is 24.8 Å². The van der Waals surface area contributed by atoms with Gasteiger partial charge in [-0.05, 0) is 0 Å². The van der Waals surface area contributed by atoms with E-state index in [9.17, 15) is 0 Å². The zero-order valence-electron chi connectivity index (χ0n) is 16.0. The Morgan fingerprint density at radius 1 is 0.654 bits per heavy atom. The van der Waals surface area contributed by atoms with Crippen molar-refractivity contribution >= 4 is 0 Å². The average molecular weight is 471 g/mol. The first-order valence-electron chi connectivity index (χ1n) is 10.4. The van der Waals surface area contributed by atoms with E-state index < -0.39 is 20.3 Å². The van der Waals surface area contributed by atoms with E-state index in [1.807, 2.05) is 0 Å². The van der Waals surface area contributed by atoms with E-state index in [-0.39, 0.29) is 24.8 Å². The van der Waals surface area contributed by atoms with Crippen molar-refractivity contribution in [3.8, 4) is 0 Å². The second kappa shape index (κ2) is 8.04. The Balaban J connectivity index is 0.000000980. The maximum Gasteiger partial charge on any atom is -1.00 e. The van der Waals surface area contributed by atoms with Gasteiger partial charge in [0.15, 0.2) is 0 Å². The molecule has 2 saturated carbocycles. The Morgan fingerprint density at radius 2 is 1.08 bits per heavy atom. The van der Waals surface area contributed by atoms with Gasteiger partial charge in [0, 0.05) is 0 Å². The minimum Gasteiger partial charge on any atom is -1.00 e. The molecule has 5 aliphatic rings. The number of hydrogen-bond acceptors (Lipinski definition) is 0. The fourth-order valence-corrected chi connectivity index (χ4v) is 26.9. The van der Waals surface area contributed by atoms with Crippen molar-refractivity contribution in [3.63, 3.8) is 0 Å². The number of rotatable bonds is 2. The summed E-state index contributed by atoms with van der Waals surface area (Å²) in [4.78, 5) is 0. The summed E-state index contributed by atoms with van der Waals surface area (Å²) in [6.45, 7) is 5.24. The third kappa shape index (κ3) is 3.04. The molecule has 142 valence electrons. The molecule has 4 aliphatic carbocycles. The fourth-order valence-electron chi connectivity index (χ4n) is 7.87. The molecule has 0 amide bonds. The number of hydrogen-bond donors (Lipinski definition) is 0. The minimum atomic E-state index is -2.12. The van der Waals surface area contributed by atoms with Gasteiger partial charge >= 0.3 is 153 Å². The van der Waals surface area contributed by atoms with Crippen LogP contribution in [-0.4, -0.2) is 0 Å². The summed E-state index contributed by atoms with van der Waals surface area (Å²) in [7, 11) is 0. The molecular formula is C23H32Cl2Zr. The van der Waals surface area contributed by atoms with Gasteiger partial charge in [-0.3, -0.25) is 0 Å². The summed E-state index contributed by atoms with van der Waals surface area (Å²) in [6, 6.07) is 0. The smallest absolute Gasteiger partial charge is 1.00 e. The van der Waals surface area contributed by atoms with Crippen LogP contribution in [0.3, 0.4) is 0 Å². The number of halogens is 2. The molecule has 0 aromatic rings. The first kappa shape index (κ1) is 21.1. The van der Waals surface area contributed by atoms with E-state index in [0.29, 0.717) is 0 Å². The van der Waals surface area contributed by atoms with E-state index in [1.54, 1.807) is 14.7 Å². The molecule has 0 bridgehead atoms. The van der Waals surface area contributed by atoms with E-state index in [4.69, 9.17) is 0 Å². The van der Waals surface area contributed by atoms with Crippen LogP contribution in [-0.2, 0) is 20.3 Å². The van der Waals surface area contributed by atoms with Crippen LogP contribution in [0.5, 0.6) is 0 Å². The molecular weight excluding hydrogens is 438 g/mol. The van der Waals surface area contributed by atoms with Crippen molar-refractivity contribution in [1.29, 1.82) is 0 Å². The molecule has 1 aliphatic heterocycles. The molecule has 8 unspecified atom stereocenters. The van der Waals surface area contributed by atoms with Gasteiger partial charge in [0.2, 0.25) is 0 Å². The molecule has 3 heteroatoms. The first-order valence-corrected chi connectivity index (χ1v) is 16.7. The first-order chi connectivity index (χ1) is 11.7. The molecule has 0 aromatic heterocycles. The predicted octanol–water partition coefficient (Wildman–Crippen LogP) is 0.762. The van der Waals surface area contributed by atoms with Gasteiger partial charge in [0.1, 0.15) is 0 Å². The van der Waals surface area contributed by atoms with Gasteiger partial charge in [0.25, 0.3) is 0 Å². The minimum absolute atomic E-state index is 0. The van der Waals surface area contributed by atoms with E-state index in [0.717, 1.165) is 42.8 Å². The third-order valence-corrected chi connectivity index (χ3v) is 26.1. The van der Waals surface area contributed by atoms with E-state index in [2.05, 4.69) is 62.5 Å². The second-order valence-electron chi connectivity index (χ2n) is 9.59. The van der Waals surface area contributed by atoms with Gasteiger partial charge in [-0.25, -0.2) is 0 Å². The summed E-state index contributed by atoms with van der Waals surface area (Å²) < 4.78 is 5.68. The van der Waals surface area contributed by atoms with Crippen molar-refractivity contribution in [2.24, 2.45) is 35.5 Å². The molecule has 0 aromatic carbocycles. The normalized spacial score (nSPS) is 45.5. The number of allylic oxidation sites excluding steroid dienone is 8. The van der Waals surface area contributed by atoms with Crippen LogP contribution in [0.25, 0.3) is 0 Å². The summed E-state index contributed by atoms with van der Waals surface area (Å²) in [5.74, 6) is 5.54. The van der Waals surface area contributed by atoms with Gasteiger partial charge in [-0.2, -0.15) is 0 Å². The molecule has 0 radical (unpaired) electrons. The monoisotopic (exact) mass is 468 g/mol. The maximum atomic E-state index is 2.63. The Bertz CT molecular complexity index is 580. The Kier molecular flexibility index (Phi) is 6.54.